The number of carbonyl (C=O) groups is 2. The fourth-order valence-corrected chi connectivity index (χ4v) is 4.84. The highest BCUT2D eigenvalue weighted by Gasteiger charge is 2.31. The lowest BCUT2D eigenvalue weighted by Crippen LogP contribution is -2.39. The van der Waals surface area contributed by atoms with E-state index in [4.69, 9.17) is 11.6 Å². The Bertz CT molecular complexity index is 1100. The van der Waals surface area contributed by atoms with Gasteiger partial charge >= 0.3 is 6.09 Å². The molecule has 0 radical (unpaired) electrons. The largest absolute Gasteiger partial charge is 0.465 e. The first-order valence-corrected chi connectivity index (χ1v) is 11.8. The van der Waals surface area contributed by atoms with Crippen molar-refractivity contribution in [2.45, 2.75) is 32.8 Å². The maximum Gasteiger partial charge on any atom is 0.407 e. The van der Waals surface area contributed by atoms with Crippen LogP contribution in [-0.2, 0) is 0 Å². The molecule has 5 nitrogen and oxygen atoms in total. The van der Waals surface area contributed by atoms with E-state index in [-0.39, 0.29) is 24.4 Å². The second-order valence-electron chi connectivity index (χ2n) is 9.12. The van der Waals surface area contributed by atoms with Crippen LogP contribution in [0.4, 0.5) is 4.79 Å². The third-order valence-corrected chi connectivity index (χ3v) is 6.98. The molecule has 1 heterocycles. The molecule has 1 amide bonds. The monoisotopic (exact) mass is 485 g/mol. The van der Waals surface area contributed by atoms with Gasteiger partial charge in [-0.2, -0.15) is 0 Å². The lowest BCUT2D eigenvalue weighted by molar-refractivity contribution is 0.0860. The van der Waals surface area contributed by atoms with Crippen molar-refractivity contribution >= 4 is 35.3 Å². The molecule has 0 aliphatic carbocycles. The number of hydrogen-bond acceptors (Lipinski definition) is 4. The average molecular weight is 486 g/mol. The van der Waals surface area contributed by atoms with E-state index in [0.717, 1.165) is 22.3 Å². The fourth-order valence-electron chi connectivity index (χ4n) is 3.81. The summed E-state index contributed by atoms with van der Waals surface area (Å²) in [6.45, 7) is 6.42. The number of halogens is 1. The highest BCUT2D eigenvalue weighted by Crippen LogP contribution is 2.37. The smallest absolute Gasteiger partial charge is 0.407 e. The van der Waals surface area contributed by atoms with Gasteiger partial charge in [0.15, 0.2) is 6.29 Å². The molecule has 174 valence electrons. The zero-order valence-corrected chi connectivity index (χ0v) is 20.4. The van der Waals surface area contributed by atoms with Crippen LogP contribution in [0.2, 0.25) is 5.02 Å². The summed E-state index contributed by atoms with van der Waals surface area (Å²) in [5, 5.41) is 21.0. The molecule has 0 bridgehead atoms. The molecule has 0 aliphatic heterocycles. The number of nitrogens with zero attached hydrogens (tertiary/aromatic N) is 1. The number of aliphatic hydroxyl groups excluding tert-OH is 1. The van der Waals surface area contributed by atoms with Gasteiger partial charge in [0, 0.05) is 22.4 Å². The van der Waals surface area contributed by atoms with Gasteiger partial charge < -0.3 is 15.1 Å². The van der Waals surface area contributed by atoms with Gasteiger partial charge in [0.25, 0.3) is 0 Å². The minimum atomic E-state index is -1.08. The maximum atomic E-state index is 12.1. The van der Waals surface area contributed by atoms with Gasteiger partial charge in [0.05, 0.1) is 17.5 Å². The van der Waals surface area contributed by atoms with Crippen LogP contribution in [0.1, 0.15) is 53.6 Å². The molecule has 0 saturated heterocycles. The number of benzene rings is 2. The molecule has 2 atom stereocenters. The molecular formula is C26H28ClNO4S. The van der Waals surface area contributed by atoms with E-state index in [9.17, 15) is 19.8 Å². The Kier molecular flexibility index (Phi) is 7.95. The molecule has 2 aromatic carbocycles. The van der Waals surface area contributed by atoms with Gasteiger partial charge in [-0.3, -0.25) is 4.79 Å². The van der Waals surface area contributed by atoms with Crippen molar-refractivity contribution in [3.8, 4) is 10.4 Å². The topological polar surface area (TPSA) is 77.8 Å². The number of carbonyl (C=O) groups excluding carboxylic acids is 1. The maximum absolute atomic E-state index is 12.1. The number of hydrogen-bond donors (Lipinski definition) is 2. The number of aldehydes is 1. The minimum Gasteiger partial charge on any atom is -0.465 e. The second kappa shape index (κ2) is 10.5. The number of thiophene rings is 1. The van der Waals surface area contributed by atoms with Crippen molar-refractivity contribution in [1.82, 2.24) is 4.90 Å². The van der Waals surface area contributed by atoms with Crippen LogP contribution in [0.25, 0.3) is 10.4 Å². The van der Waals surface area contributed by atoms with Gasteiger partial charge in [-0.1, -0.05) is 68.8 Å². The zero-order chi connectivity index (χ0) is 24.2. The Morgan fingerprint density at radius 1 is 1.06 bits per heavy atom. The van der Waals surface area contributed by atoms with E-state index in [1.807, 2.05) is 30.3 Å². The molecular weight excluding hydrogens is 458 g/mol. The number of carboxylic acid groups (broad SMARTS) is 1. The molecule has 0 spiro atoms. The third kappa shape index (κ3) is 6.44. The van der Waals surface area contributed by atoms with Crippen molar-refractivity contribution in [2.75, 3.05) is 13.1 Å². The van der Waals surface area contributed by atoms with Crippen molar-refractivity contribution < 1.29 is 19.8 Å². The molecule has 3 rings (SSSR count). The summed E-state index contributed by atoms with van der Waals surface area (Å²) in [4.78, 5) is 26.0. The van der Waals surface area contributed by atoms with Gasteiger partial charge in [-0.05, 0) is 46.4 Å². The first-order chi connectivity index (χ1) is 15.6. The average Bonchev–Trinajstić information content (AvgIpc) is 3.25. The van der Waals surface area contributed by atoms with Crippen LogP contribution < -0.4 is 0 Å². The summed E-state index contributed by atoms with van der Waals surface area (Å²) >= 11 is 7.46. The van der Waals surface area contributed by atoms with Crippen LogP contribution in [0.5, 0.6) is 0 Å². The normalized spacial score (nSPS) is 13.4. The van der Waals surface area contributed by atoms with Crippen molar-refractivity contribution in [3.63, 3.8) is 0 Å². The van der Waals surface area contributed by atoms with E-state index in [1.54, 1.807) is 30.3 Å². The predicted octanol–water partition coefficient (Wildman–Crippen LogP) is 6.72. The lowest BCUT2D eigenvalue weighted by Gasteiger charge is -2.35. The van der Waals surface area contributed by atoms with Crippen molar-refractivity contribution in [3.05, 3.63) is 81.7 Å². The highest BCUT2D eigenvalue weighted by molar-refractivity contribution is 7.17. The van der Waals surface area contributed by atoms with E-state index in [0.29, 0.717) is 15.5 Å². The Labute approximate surface area is 203 Å². The molecule has 2 N–H and O–H groups in total. The number of aliphatic hydroxyl groups is 1. The van der Waals surface area contributed by atoms with Crippen LogP contribution >= 0.6 is 22.9 Å². The SMILES string of the molecule is CC(C)(C)C(CN(C[C@H](O)c1cccc(Cl)c1)C(=O)O)c1ccc(-c2ccc(C=O)s2)cc1. The molecule has 1 unspecified atom stereocenters. The van der Waals surface area contributed by atoms with Gasteiger partial charge in [0.1, 0.15) is 0 Å². The Hall–Kier alpha value is -2.67. The molecule has 0 saturated carbocycles. The van der Waals surface area contributed by atoms with Crippen LogP contribution in [0.3, 0.4) is 0 Å². The van der Waals surface area contributed by atoms with Gasteiger partial charge in [0.2, 0.25) is 0 Å². The first-order valence-electron chi connectivity index (χ1n) is 10.6. The molecule has 1 aromatic heterocycles. The minimum absolute atomic E-state index is 0.0516. The predicted molar refractivity (Wildman–Crippen MR) is 133 cm³/mol. The summed E-state index contributed by atoms with van der Waals surface area (Å²) in [6, 6.07) is 18.6. The number of rotatable bonds is 8. The van der Waals surface area contributed by atoms with Crippen molar-refractivity contribution in [1.29, 1.82) is 0 Å². The van der Waals surface area contributed by atoms with Gasteiger partial charge in [-0.25, -0.2) is 4.79 Å². The van der Waals surface area contributed by atoms with Crippen LogP contribution in [0.15, 0.2) is 60.7 Å². The molecule has 7 heteroatoms. The Balaban J connectivity index is 1.82. The standard InChI is InChI=1S/C26H28ClNO4S/c1-26(2,3)22(17-7-9-18(10-8-17)24-12-11-21(16-29)33-24)14-28(25(31)32)15-23(30)19-5-4-6-20(27)13-19/h4-13,16,22-23,30H,14-15H2,1-3H3,(H,31,32)/t22?,23-/m0/s1. The van der Waals surface area contributed by atoms with Crippen LogP contribution in [-0.4, -0.2) is 40.6 Å². The first kappa shape index (κ1) is 25.0. The highest BCUT2D eigenvalue weighted by atomic mass is 35.5. The molecule has 3 aromatic rings. The molecule has 0 aliphatic rings. The lowest BCUT2D eigenvalue weighted by atomic mass is 9.76. The van der Waals surface area contributed by atoms with E-state index >= 15 is 0 Å². The van der Waals surface area contributed by atoms with Crippen LogP contribution in [0, 0.1) is 5.41 Å². The van der Waals surface area contributed by atoms with E-state index < -0.39 is 12.2 Å². The Morgan fingerprint density at radius 2 is 1.76 bits per heavy atom. The van der Waals surface area contributed by atoms with Gasteiger partial charge in [-0.15, -0.1) is 11.3 Å². The number of amides is 1. The Morgan fingerprint density at radius 3 is 2.30 bits per heavy atom. The quantitative estimate of drug-likeness (QED) is 0.347. The molecule has 0 fully saturated rings. The zero-order valence-electron chi connectivity index (χ0n) is 18.9. The second-order valence-corrected chi connectivity index (χ2v) is 10.7. The molecule has 33 heavy (non-hydrogen) atoms. The van der Waals surface area contributed by atoms with E-state index in [1.165, 1.54) is 16.2 Å². The van der Waals surface area contributed by atoms with E-state index in [2.05, 4.69) is 20.8 Å². The van der Waals surface area contributed by atoms with Crippen molar-refractivity contribution in [2.24, 2.45) is 5.41 Å². The summed E-state index contributed by atoms with van der Waals surface area (Å²) in [5.41, 5.74) is 2.39. The third-order valence-electron chi connectivity index (χ3n) is 5.69. The fraction of sp³-hybridized carbons (Fsp3) is 0.308. The summed E-state index contributed by atoms with van der Waals surface area (Å²) in [7, 11) is 0. The summed E-state index contributed by atoms with van der Waals surface area (Å²) < 4.78 is 0. The summed E-state index contributed by atoms with van der Waals surface area (Å²) in [6.07, 6.45) is -1.22. The summed E-state index contributed by atoms with van der Waals surface area (Å²) in [5.74, 6) is -0.0944.